The van der Waals surface area contributed by atoms with Gasteiger partial charge in [-0.15, -0.1) is 0 Å². The highest BCUT2D eigenvalue weighted by molar-refractivity contribution is 5.65. The Morgan fingerprint density at radius 3 is 2.29 bits per heavy atom. The number of esters is 1. The number of carbonyl (C=O) groups is 1. The van der Waals surface area contributed by atoms with E-state index in [0.717, 1.165) is 38.2 Å². The predicted molar refractivity (Wildman–Crippen MR) is 145 cm³/mol. The molecule has 4 heteroatoms. The fourth-order valence-electron chi connectivity index (χ4n) is 3.49. The molecule has 34 heavy (non-hydrogen) atoms. The second-order valence-electron chi connectivity index (χ2n) is 7.98. The van der Waals surface area contributed by atoms with E-state index in [1.165, 1.54) is 37.3 Å². The number of rotatable bonds is 8. The van der Waals surface area contributed by atoms with Crippen LogP contribution in [0.3, 0.4) is 0 Å². The van der Waals surface area contributed by atoms with Crippen LogP contribution in [0.15, 0.2) is 78.4 Å². The van der Waals surface area contributed by atoms with Crippen LogP contribution in [-0.4, -0.2) is 33.3 Å². The third kappa shape index (κ3) is 11.7. The molecule has 186 valence electrons. The van der Waals surface area contributed by atoms with E-state index < -0.39 is 0 Å². The highest BCUT2D eigenvalue weighted by Gasteiger charge is 2.11. The van der Waals surface area contributed by atoms with Crippen molar-refractivity contribution in [1.29, 1.82) is 0 Å². The Bertz CT molecular complexity index is 856. The zero-order valence-corrected chi connectivity index (χ0v) is 21.9. The number of ether oxygens (including phenoxy) is 2. The highest BCUT2D eigenvalue weighted by atomic mass is 16.5. The number of nitrogens with zero attached hydrogens (tertiary/aromatic N) is 1. The Kier molecular flexibility index (Phi) is 14.9. The zero-order valence-electron chi connectivity index (χ0n) is 21.9. The maximum Gasteiger partial charge on any atom is 0.302 e. The molecular formula is C30H43NO3. The molecule has 0 heterocycles. The highest BCUT2D eigenvalue weighted by Crippen LogP contribution is 2.22. The fourth-order valence-corrected chi connectivity index (χ4v) is 3.49. The maximum absolute atomic E-state index is 9.59. The average Bonchev–Trinajstić information content (AvgIpc) is 3.11. The topological polar surface area (TPSA) is 38.8 Å². The van der Waals surface area contributed by atoms with Gasteiger partial charge in [-0.2, -0.15) is 0 Å². The monoisotopic (exact) mass is 465 g/mol. The van der Waals surface area contributed by atoms with Crippen LogP contribution in [0.1, 0.15) is 52.5 Å². The van der Waals surface area contributed by atoms with Crippen LogP contribution < -0.4 is 9.64 Å². The molecule has 1 unspecified atom stereocenters. The number of methoxy groups -OCH3 is 1. The van der Waals surface area contributed by atoms with Gasteiger partial charge in [0, 0.05) is 32.6 Å². The lowest BCUT2D eigenvalue weighted by molar-refractivity contribution is -0.137. The van der Waals surface area contributed by atoms with E-state index in [0.29, 0.717) is 5.92 Å². The molecule has 0 saturated carbocycles. The Morgan fingerprint density at radius 2 is 1.71 bits per heavy atom. The van der Waals surface area contributed by atoms with Crippen LogP contribution in [0.4, 0.5) is 5.69 Å². The summed E-state index contributed by atoms with van der Waals surface area (Å²) in [5.41, 5.74) is 4.03. The normalized spacial score (nSPS) is 14.3. The Hall–Kier alpha value is -3.01. The number of hydrogen-bond acceptors (Lipinski definition) is 4. The first-order chi connectivity index (χ1) is 16.5. The third-order valence-electron chi connectivity index (χ3n) is 5.51. The van der Waals surface area contributed by atoms with Crippen molar-refractivity contribution in [2.45, 2.75) is 53.4 Å². The minimum absolute atomic E-state index is 0.245. The summed E-state index contributed by atoms with van der Waals surface area (Å²) in [4.78, 5) is 11.9. The molecule has 0 N–H and O–H groups in total. The largest absolute Gasteiger partial charge is 0.493 e. The summed E-state index contributed by atoms with van der Waals surface area (Å²) in [6, 6.07) is 19.1. The molecule has 0 spiro atoms. The van der Waals surface area contributed by atoms with E-state index >= 15 is 0 Å². The molecule has 1 atom stereocenters. The molecule has 4 nitrogen and oxygen atoms in total. The van der Waals surface area contributed by atoms with Crippen molar-refractivity contribution in [3.63, 3.8) is 0 Å². The molecular weight excluding hydrogens is 422 g/mol. The second kappa shape index (κ2) is 17.5. The molecule has 2 aromatic rings. The summed E-state index contributed by atoms with van der Waals surface area (Å²) in [5.74, 6) is 1.31. The van der Waals surface area contributed by atoms with E-state index in [9.17, 15) is 4.79 Å². The molecule has 0 aromatic heterocycles. The van der Waals surface area contributed by atoms with Gasteiger partial charge in [-0.05, 0) is 60.6 Å². The lowest BCUT2D eigenvalue weighted by Crippen LogP contribution is -2.24. The first-order valence-electron chi connectivity index (χ1n) is 12.4. The fraction of sp³-hybridized carbons (Fsp3) is 0.433. The van der Waals surface area contributed by atoms with Crippen LogP contribution in [0.2, 0.25) is 0 Å². The van der Waals surface area contributed by atoms with E-state index in [4.69, 9.17) is 4.74 Å². The smallest absolute Gasteiger partial charge is 0.302 e. The lowest BCUT2D eigenvalue weighted by atomic mass is 10.0. The molecule has 0 amide bonds. The molecule has 0 fully saturated rings. The second-order valence-corrected chi connectivity index (χ2v) is 7.98. The molecule has 0 bridgehead atoms. The summed E-state index contributed by atoms with van der Waals surface area (Å²) in [6.07, 6.45) is 11.4. The number of carbonyl (C=O) groups excluding carboxylic acids is 1. The van der Waals surface area contributed by atoms with Gasteiger partial charge in [0.2, 0.25) is 0 Å². The number of benzene rings is 2. The minimum atomic E-state index is -0.245. The van der Waals surface area contributed by atoms with Gasteiger partial charge < -0.3 is 14.4 Å². The van der Waals surface area contributed by atoms with E-state index in [1.54, 1.807) is 0 Å². The average molecular weight is 466 g/mol. The lowest BCUT2D eigenvalue weighted by Gasteiger charge is -2.23. The van der Waals surface area contributed by atoms with Crippen molar-refractivity contribution in [1.82, 2.24) is 0 Å². The van der Waals surface area contributed by atoms with Gasteiger partial charge in [-0.1, -0.05) is 69.3 Å². The Morgan fingerprint density at radius 1 is 1.06 bits per heavy atom. The summed E-state index contributed by atoms with van der Waals surface area (Å²) >= 11 is 0. The summed E-state index contributed by atoms with van der Waals surface area (Å²) in [5, 5.41) is 0. The van der Waals surface area contributed by atoms with Gasteiger partial charge in [0.05, 0.1) is 13.7 Å². The van der Waals surface area contributed by atoms with Crippen LogP contribution in [-0.2, 0) is 16.0 Å². The summed E-state index contributed by atoms with van der Waals surface area (Å²) in [7, 11) is 3.53. The Labute approximate surface area is 207 Å². The van der Waals surface area contributed by atoms with Gasteiger partial charge in [-0.3, -0.25) is 4.79 Å². The molecule has 0 saturated heterocycles. The molecule has 1 aliphatic carbocycles. The van der Waals surface area contributed by atoms with Gasteiger partial charge in [0.25, 0.3) is 0 Å². The van der Waals surface area contributed by atoms with E-state index in [2.05, 4.69) is 96.4 Å². The van der Waals surface area contributed by atoms with Gasteiger partial charge >= 0.3 is 5.97 Å². The Balaban J connectivity index is 0.000000733. The SMILES string of the molecule is CC.CCc1ccc(OCCC2=CCCC(CN(C)c3ccccc3)C=C2)cc1.COC(C)=O. The predicted octanol–water partition coefficient (Wildman–Crippen LogP) is 7.25. The minimum Gasteiger partial charge on any atom is -0.493 e. The standard InChI is InChI=1S/C25H31NO.C3H6O2.C2H6/c1-3-21-14-16-25(17-15-21)27-19-18-22-8-7-9-23(13-12-22)20-26(2)24-10-5-4-6-11-24;1-3(4)5-2;1-2/h4-6,8,10-17,23H,3,7,9,18-20H2,1-2H3;1-2H3;1-2H3. The number of anilines is 1. The van der Waals surface area contributed by atoms with Crippen molar-refractivity contribution < 1.29 is 14.3 Å². The zero-order chi connectivity index (χ0) is 25.2. The van der Waals surface area contributed by atoms with Crippen LogP contribution in [0.5, 0.6) is 5.75 Å². The third-order valence-corrected chi connectivity index (χ3v) is 5.51. The molecule has 0 aliphatic heterocycles. The van der Waals surface area contributed by atoms with Crippen LogP contribution >= 0.6 is 0 Å². The quantitative estimate of drug-likeness (QED) is 0.385. The van der Waals surface area contributed by atoms with Crippen molar-refractivity contribution >= 4 is 11.7 Å². The molecule has 2 aromatic carbocycles. The van der Waals surface area contributed by atoms with Crippen molar-refractivity contribution in [2.75, 3.05) is 32.2 Å². The molecule has 3 rings (SSSR count). The van der Waals surface area contributed by atoms with Crippen molar-refractivity contribution in [2.24, 2.45) is 5.92 Å². The number of allylic oxidation sites excluding steroid dienone is 2. The van der Waals surface area contributed by atoms with Crippen LogP contribution in [0, 0.1) is 5.92 Å². The summed E-state index contributed by atoms with van der Waals surface area (Å²) in [6.45, 7) is 9.32. The molecule has 0 radical (unpaired) electrons. The van der Waals surface area contributed by atoms with Crippen LogP contribution in [0.25, 0.3) is 0 Å². The molecule has 1 aliphatic rings. The van der Waals surface area contributed by atoms with Crippen molar-refractivity contribution in [3.8, 4) is 5.75 Å². The number of para-hydroxylation sites is 1. The first kappa shape index (κ1) is 29.0. The first-order valence-corrected chi connectivity index (χ1v) is 12.4. The van der Waals surface area contributed by atoms with Gasteiger partial charge in [0.15, 0.2) is 0 Å². The van der Waals surface area contributed by atoms with E-state index in [-0.39, 0.29) is 5.97 Å². The van der Waals surface area contributed by atoms with E-state index in [1.807, 2.05) is 13.8 Å². The van der Waals surface area contributed by atoms with Crippen molar-refractivity contribution in [3.05, 3.63) is 84.0 Å². The summed E-state index contributed by atoms with van der Waals surface area (Å²) < 4.78 is 10.0. The van der Waals surface area contributed by atoms with Gasteiger partial charge in [-0.25, -0.2) is 0 Å². The number of hydrogen-bond donors (Lipinski definition) is 0. The maximum atomic E-state index is 9.59. The number of aryl methyl sites for hydroxylation is 1. The van der Waals surface area contributed by atoms with Gasteiger partial charge in [0.1, 0.15) is 5.75 Å².